The van der Waals surface area contributed by atoms with Crippen LogP contribution in [-0.4, -0.2) is 11.7 Å². The van der Waals surface area contributed by atoms with Gasteiger partial charge in [0.05, 0.1) is 0 Å². The van der Waals surface area contributed by atoms with Crippen LogP contribution < -0.4 is 0 Å². The third-order valence-electron chi connectivity index (χ3n) is 3.36. The number of hydrogen-bond acceptors (Lipinski definition) is 2. The van der Waals surface area contributed by atoms with Crippen molar-refractivity contribution in [3.63, 3.8) is 0 Å². The van der Waals surface area contributed by atoms with E-state index in [0.29, 0.717) is 0 Å². The molecule has 0 saturated heterocycles. The molecule has 1 heterocycles. The summed E-state index contributed by atoms with van der Waals surface area (Å²) < 4.78 is 0. The Kier molecular flexibility index (Phi) is 16.4. The number of rotatable bonds is 11. The first-order valence-electron chi connectivity index (χ1n) is 8.48. The summed E-state index contributed by atoms with van der Waals surface area (Å²) in [4.78, 5) is 1.56. The van der Waals surface area contributed by atoms with Gasteiger partial charge in [-0.1, -0.05) is 70.8 Å². The smallest absolute Gasteiger partial charge is 0.0402 e. The first kappa shape index (κ1) is 19.7. The van der Waals surface area contributed by atoms with E-state index in [1.165, 1.54) is 70.6 Å². The van der Waals surface area contributed by atoms with E-state index in [4.69, 9.17) is 5.11 Å². The maximum atomic E-state index is 7.57. The molecule has 0 radical (unpaired) electrons. The largest absolute Gasteiger partial charge is 0.397 e. The molecule has 0 aromatic carbocycles. The maximum absolute atomic E-state index is 7.57. The summed E-state index contributed by atoms with van der Waals surface area (Å²) in [5.74, 6) is 0. The second kappa shape index (κ2) is 16.7. The van der Waals surface area contributed by atoms with E-state index in [9.17, 15) is 0 Å². The Bertz CT molecular complexity index is 256. The third-order valence-corrected chi connectivity index (χ3v) is 4.29. The lowest BCUT2D eigenvalue weighted by Gasteiger charge is -2.01. The van der Waals surface area contributed by atoms with Crippen LogP contribution in [0.3, 0.4) is 0 Å². The fourth-order valence-electron chi connectivity index (χ4n) is 2.24. The fraction of sp³-hybridized carbons (Fsp3) is 0.778. The highest BCUT2D eigenvalue weighted by Gasteiger charge is 1.95. The van der Waals surface area contributed by atoms with Gasteiger partial charge in [0.15, 0.2) is 0 Å². The van der Waals surface area contributed by atoms with Crippen molar-refractivity contribution in [2.45, 2.75) is 84.5 Å². The van der Waals surface area contributed by atoms with Crippen LogP contribution in [0.4, 0.5) is 0 Å². The standard InChI is InChI=1S/C16H28S.C2H6O/c1-2-3-4-5-6-7-8-9-10-11-13-16-14-12-15-17-16;1-2-3/h12,14-15H,2-11,13H2,1H3;3H,2H2,1H3. The predicted molar refractivity (Wildman–Crippen MR) is 92.6 cm³/mol. The van der Waals surface area contributed by atoms with Crippen molar-refractivity contribution in [2.75, 3.05) is 6.61 Å². The first-order chi connectivity index (χ1) is 9.85. The molecule has 1 aromatic heterocycles. The summed E-state index contributed by atoms with van der Waals surface area (Å²) in [6.07, 6.45) is 15.6. The Hall–Kier alpha value is -0.340. The van der Waals surface area contributed by atoms with Gasteiger partial charge in [-0.05, 0) is 31.2 Å². The lowest BCUT2D eigenvalue weighted by molar-refractivity contribution is 0.318. The van der Waals surface area contributed by atoms with Crippen molar-refractivity contribution in [1.82, 2.24) is 0 Å². The van der Waals surface area contributed by atoms with Crippen molar-refractivity contribution in [3.8, 4) is 0 Å². The predicted octanol–water partition coefficient (Wildman–Crippen LogP) is 6.21. The van der Waals surface area contributed by atoms with Gasteiger partial charge in [0.1, 0.15) is 0 Å². The molecule has 1 rings (SSSR count). The Morgan fingerprint density at radius 3 is 1.80 bits per heavy atom. The zero-order valence-corrected chi connectivity index (χ0v) is 14.4. The summed E-state index contributed by atoms with van der Waals surface area (Å²) >= 11 is 1.90. The van der Waals surface area contributed by atoms with Crippen molar-refractivity contribution in [1.29, 1.82) is 0 Å². The number of thiophene rings is 1. The van der Waals surface area contributed by atoms with Gasteiger partial charge >= 0.3 is 0 Å². The average molecular weight is 299 g/mol. The van der Waals surface area contributed by atoms with Crippen LogP contribution in [0, 0.1) is 0 Å². The zero-order valence-electron chi connectivity index (χ0n) is 13.6. The Morgan fingerprint density at radius 1 is 0.850 bits per heavy atom. The maximum Gasteiger partial charge on any atom is 0.0402 e. The highest BCUT2D eigenvalue weighted by atomic mass is 32.1. The topological polar surface area (TPSA) is 20.2 Å². The quantitative estimate of drug-likeness (QED) is 0.481. The third kappa shape index (κ3) is 14.1. The van der Waals surface area contributed by atoms with E-state index in [2.05, 4.69) is 24.4 Å². The Morgan fingerprint density at radius 2 is 1.35 bits per heavy atom. The number of unbranched alkanes of at least 4 members (excludes halogenated alkanes) is 9. The number of aliphatic hydroxyl groups excluding tert-OH is 1. The van der Waals surface area contributed by atoms with Crippen LogP contribution in [0.5, 0.6) is 0 Å². The lowest BCUT2D eigenvalue weighted by Crippen LogP contribution is -1.83. The highest BCUT2D eigenvalue weighted by molar-refractivity contribution is 7.09. The van der Waals surface area contributed by atoms with Gasteiger partial charge in [-0.3, -0.25) is 0 Å². The van der Waals surface area contributed by atoms with Crippen LogP contribution in [0.15, 0.2) is 17.5 Å². The molecule has 0 unspecified atom stereocenters. The molecule has 0 amide bonds. The zero-order chi connectivity index (χ0) is 14.9. The minimum Gasteiger partial charge on any atom is -0.397 e. The van der Waals surface area contributed by atoms with Crippen molar-refractivity contribution in [3.05, 3.63) is 22.4 Å². The molecule has 0 aliphatic rings. The SMILES string of the molecule is CCCCCCCCCCCCc1cccs1.CCO. The van der Waals surface area contributed by atoms with Gasteiger partial charge in [-0.2, -0.15) is 0 Å². The highest BCUT2D eigenvalue weighted by Crippen LogP contribution is 2.14. The molecule has 0 atom stereocenters. The van der Waals surface area contributed by atoms with Gasteiger partial charge in [-0.25, -0.2) is 0 Å². The molecule has 0 spiro atoms. The summed E-state index contributed by atoms with van der Waals surface area (Å²) in [6, 6.07) is 4.43. The minimum atomic E-state index is 0.250. The van der Waals surface area contributed by atoms with Gasteiger partial charge in [-0.15, -0.1) is 11.3 Å². The Labute approximate surface area is 130 Å². The molecule has 0 fully saturated rings. The van der Waals surface area contributed by atoms with Crippen molar-refractivity contribution < 1.29 is 5.11 Å². The van der Waals surface area contributed by atoms with E-state index >= 15 is 0 Å². The molecule has 0 saturated carbocycles. The number of hydrogen-bond donors (Lipinski definition) is 1. The van der Waals surface area contributed by atoms with E-state index < -0.39 is 0 Å². The molecule has 1 aromatic rings. The number of aryl methyl sites for hydroxylation is 1. The normalized spacial score (nSPS) is 10.2. The van der Waals surface area contributed by atoms with E-state index in [-0.39, 0.29) is 6.61 Å². The van der Waals surface area contributed by atoms with E-state index in [1.807, 2.05) is 11.3 Å². The van der Waals surface area contributed by atoms with Crippen LogP contribution in [0.2, 0.25) is 0 Å². The molecule has 1 nitrogen and oxygen atoms in total. The summed E-state index contributed by atoms with van der Waals surface area (Å²) in [7, 11) is 0. The van der Waals surface area contributed by atoms with Crippen LogP contribution in [0.1, 0.15) is 82.9 Å². The van der Waals surface area contributed by atoms with Crippen LogP contribution in [0.25, 0.3) is 0 Å². The summed E-state index contributed by atoms with van der Waals surface area (Å²) in [5, 5.41) is 9.76. The van der Waals surface area contributed by atoms with Gasteiger partial charge in [0.2, 0.25) is 0 Å². The second-order valence-corrected chi connectivity index (χ2v) is 6.36. The summed E-state index contributed by atoms with van der Waals surface area (Å²) in [6.45, 7) is 4.22. The van der Waals surface area contributed by atoms with Gasteiger partial charge in [0.25, 0.3) is 0 Å². The summed E-state index contributed by atoms with van der Waals surface area (Å²) in [5.41, 5.74) is 0. The van der Waals surface area contributed by atoms with Gasteiger partial charge < -0.3 is 5.11 Å². The van der Waals surface area contributed by atoms with Crippen molar-refractivity contribution >= 4 is 11.3 Å². The van der Waals surface area contributed by atoms with Crippen molar-refractivity contribution in [2.24, 2.45) is 0 Å². The van der Waals surface area contributed by atoms with E-state index in [0.717, 1.165) is 0 Å². The lowest BCUT2D eigenvalue weighted by atomic mass is 10.1. The minimum absolute atomic E-state index is 0.250. The average Bonchev–Trinajstić information content (AvgIpc) is 2.95. The Balaban J connectivity index is 0.00000110. The monoisotopic (exact) mass is 298 g/mol. The first-order valence-corrected chi connectivity index (χ1v) is 9.36. The van der Waals surface area contributed by atoms with Gasteiger partial charge in [0, 0.05) is 11.5 Å². The van der Waals surface area contributed by atoms with Crippen LogP contribution >= 0.6 is 11.3 Å². The van der Waals surface area contributed by atoms with Crippen LogP contribution in [-0.2, 0) is 6.42 Å². The molecule has 0 bridgehead atoms. The fourth-order valence-corrected chi connectivity index (χ4v) is 2.99. The molecule has 20 heavy (non-hydrogen) atoms. The molecule has 2 heteroatoms. The molecular formula is C18H34OS. The number of aliphatic hydroxyl groups is 1. The second-order valence-electron chi connectivity index (χ2n) is 5.33. The molecular weight excluding hydrogens is 264 g/mol. The molecule has 0 aliphatic carbocycles. The molecule has 118 valence electrons. The van der Waals surface area contributed by atoms with E-state index in [1.54, 1.807) is 11.8 Å². The molecule has 1 N–H and O–H groups in total. The molecule has 0 aliphatic heterocycles.